The van der Waals surface area contributed by atoms with E-state index in [1.165, 1.54) is 5.39 Å². The number of para-hydroxylation sites is 2. The number of fused-ring (bicyclic) bond motifs is 6. The molecule has 0 saturated heterocycles. The fraction of sp³-hybridized carbons (Fsp3) is 0. The minimum absolute atomic E-state index is 0.896. The molecule has 5 aromatic rings. The highest BCUT2D eigenvalue weighted by molar-refractivity contribution is 7.80. The lowest BCUT2D eigenvalue weighted by Gasteiger charge is -2.03. The smallest absolute Gasteiger partial charge is 0.104 e. The largest absolute Gasteiger partial charge is 0.302 e. The quantitative estimate of drug-likeness (QED) is 0.395. The molecule has 5 rings (SSSR count). The maximum atomic E-state index is 4.82. The zero-order chi connectivity index (χ0) is 14.7. The molecule has 0 fully saturated rings. The third-order valence-corrected chi connectivity index (χ3v) is 4.67. The van der Waals surface area contributed by atoms with Crippen molar-refractivity contribution in [3.05, 3.63) is 66.7 Å². The molecule has 3 aromatic heterocycles. The standard InChI is InChI=1S/C19H12N2S/c22-19-18-14(11-13-6-1-3-7-15(13)20-18)17-10-9-12-5-2-4-8-16(12)21(17)19/h1-11,22H. The van der Waals surface area contributed by atoms with Crippen molar-refractivity contribution >= 4 is 50.9 Å². The predicted octanol–water partition coefficient (Wildman–Crippen LogP) is 5.08. The second-order valence-electron chi connectivity index (χ2n) is 5.51. The van der Waals surface area contributed by atoms with Crippen LogP contribution in [0.3, 0.4) is 0 Å². The van der Waals surface area contributed by atoms with Crippen LogP contribution in [0.1, 0.15) is 0 Å². The molecule has 2 nitrogen and oxygen atoms in total. The van der Waals surface area contributed by atoms with Crippen LogP contribution in [0.4, 0.5) is 0 Å². The molecule has 0 aliphatic heterocycles. The molecule has 0 aliphatic rings. The number of nitrogens with zero attached hydrogens (tertiary/aromatic N) is 2. The average molecular weight is 300 g/mol. The van der Waals surface area contributed by atoms with Gasteiger partial charge >= 0.3 is 0 Å². The molecule has 2 aromatic carbocycles. The first kappa shape index (κ1) is 12.1. The minimum Gasteiger partial charge on any atom is -0.302 e. The van der Waals surface area contributed by atoms with Gasteiger partial charge in [0.15, 0.2) is 0 Å². The SMILES string of the molecule is Sc1c2nc3ccccc3cc2c2ccc3ccccc3n12. The minimum atomic E-state index is 0.896. The Morgan fingerprint density at radius 3 is 2.45 bits per heavy atom. The Kier molecular flexibility index (Phi) is 2.33. The third kappa shape index (κ3) is 1.49. The van der Waals surface area contributed by atoms with E-state index in [9.17, 15) is 0 Å². The van der Waals surface area contributed by atoms with Crippen LogP contribution in [-0.4, -0.2) is 9.38 Å². The highest BCUT2D eigenvalue weighted by Crippen LogP contribution is 2.33. The number of aromatic nitrogens is 2. The number of hydrogen-bond donors (Lipinski definition) is 1. The van der Waals surface area contributed by atoms with Gasteiger partial charge in [-0.05, 0) is 29.7 Å². The van der Waals surface area contributed by atoms with Crippen LogP contribution in [0.5, 0.6) is 0 Å². The molecule has 22 heavy (non-hydrogen) atoms. The normalized spacial score (nSPS) is 11.9. The van der Waals surface area contributed by atoms with Crippen molar-refractivity contribution in [1.82, 2.24) is 9.38 Å². The fourth-order valence-electron chi connectivity index (χ4n) is 3.23. The molecular weight excluding hydrogens is 288 g/mol. The summed E-state index contributed by atoms with van der Waals surface area (Å²) in [4.78, 5) is 4.82. The maximum Gasteiger partial charge on any atom is 0.104 e. The predicted molar refractivity (Wildman–Crippen MR) is 95.0 cm³/mol. The molecule has 0 radical (unpaired) electrons. The van der Waals surface area contributed by atoms with Crippen LogP contribution in [0, 0.1) is 0 Å². The van der Waals surface area contributed by atoms with Gasteiger partial charge in [-0.3, -0.25) is 0 Å². The van der Waals surface area contributed by atoms with E-state index in [2.05, 4.69) is 52.9 Å². The van der Waals surface area contributed by atoms with Crippen LogP contribution in [-0.2, 0) is 0 Å². The number of pyridine rings is 2. The highest BCUT2D eigenvalue weighted by Gasteiger charge is 2.13. The van der Waals surface area contributed by atoms with Crippen molar-refractivity contribution in [2.45, 2.75) is 5.03 Å². The summed E-state index contributed by atoms with van der Waals surface area (Å²) in [6.07, 6.45) is 0. The van der Waals surface area contributed by atoms with E-state index in [1.807, 2.05) is 18.2 Å². The highest BCUT2D eigenvalue weighted by atomic mass is 32.1. The number of rotatable bonds is 0. The molecule has 3 heteroatoms. The van der Waals surface area contributed by atoms with Crippen molar-refractivity contribution in [3.8, 4) is 0 Å². The van der Waals surface area contributed by atoms with E-state index in [1.54, 1.807) is 0 Å². The molecule has 0 atom stereocenters. The van der Waals surface area contributed by atoms with Gasteiger partial charge in [0.1, 0.15) is 10.5 Å². The van der Waals surface area contributed by atoms with E-state index in [0.29, 0.717) is 0 Å². The van der Waals surface area contributed by atoms with E-state index in [0.717, 1.165) is 37.9 Å². The summed E-state index contributed by atoms with van der Waals surface area (Å²) in [6, 6.07) is 23.1. The van der Waals surface area contributed by atoms with E-state index >= 15 is 0 Å². The molecule has 3 heterocycles. The zero-order valence-electron chi connectivity index (χ0n) is 11.7. The van der Waals surface area contributed by atoms with Crippen molar-refractivity contribution in [1.29, 1.82) is 0 Å². The van der Waals surface area contributed by atoms with E-state index in [-0.39, 0.29) is 0 Å². The Bertz CT molecular complexity index is 1190. The Hall–Kier alpha value is -2.52. The van der Waals surface area contributed by atoms with Crippen molar-refractivity contribution < 1.29 is 0 Å². The Morgan fingerprint density at radius 2 is 1.55 bits per heavy atom. The van der Waals surface area contributed by atoms with Gasteiger partial charge in [0, 0.05) is 10.8 Å². The molecular formula is C19H12N2S. The summed E-state index contributed by atoms with van der Waals surface area (Å²) in [5.74, 6) is 0. The number of hydrogen-bond acceptors (Lipinski definition) is 2. The van der Waals surface area contributed by atoms with Gasteiger partial charge in [0.05, 0.1) is 16.6 Å². The second kappa shape index (κ2) is 4.24. The van der Waals surface area contributed by atoms with Gasteiger partial charge in [-0.15, -0.1) is 12.6 Å². The number of thiol groups is 1. The first-order chi connectivity index (χ1) is 10.8. The molecule has 0 aliphatic carbocycles. The maximum absolute atomic E-state index is 4.82. The van der Waals surface area contributed by atoms with Gasteiger partial charge in [0.2, 0.25) is 0 Å². The second-order valence-corrected chi connectivity index (χ2v) is 5.94. The Morgan fingerprint density at radius 1 is 0.773 bits per heavy atom. The van der Waals surface area contributed by atoms with E-state index < -0.39 is 0 Å². The first-order valence-corrected chi connectivity index (χ1v) is 7.68. The molecule has 0 spiro atoms. The Labute approximate surface area is 132 Å². The monoisotopic (exact) mass is 300 g/mol. The van der Waals surface area contributed by atoms with Crippen LogP contribution >= 0.6 is 12.6 Å². The molecule has 0 unspecified atom stereocenters. The summed E-state index contributed by atoms with van der Waals surface area (Å²) in [7, 11) is 0. The molecule has 0 saturated carbocycles. The summed E-state index contributed by atoms with van der Waals surface area (Å²) in [5.41, 5.74) is 4.27. The van der Waals surface area contributed by atoms with Gasteiger partial charge in [-0.2, -0.15) is 0 Å². The summed E-state index contributed by atoms with van der Waals surface area (Å²) < 4.78 is 2.19. The molecule has 0 N–H and O–H groups in total. The molecule has 0 amide bonds. The zero-order valence-corrected chi connectivity index (χ0v) is 12.6. The van der Waals surface area contributed by atoms with Gasteiger partial charge in [0.25, 0.3) is 0 Å². The van der Waals surface area contributed by atoms with Crippen molar-refractivity contribution in [3.63, 3.8) is 0 Å². The summed E-state index contributed by atoms with van der Waals surface area (Å²) >= 11 is 4.77. The van der Waals surface area contributed by atoms with Gasteiger partial charge in [-0.25, -0.2) is 4.98 Å². The van der Waals surface area contributed by atoms with Crippen LogP contribution in [0.15, 0.2) is 71.8 Å². The van der Waals surface area contributed by atoms with Crippen LogP contribution in [0.2, 0.25) is 0 Å². The van der Waals surface area contributed by atoms with Crippen molar-refractivity contribution in [2.24, 2.45) is 0 Å². The third-order valence-electron chi connectivity index (χ3n) is 4.26. The topological polar surface area (TPSA) is 17.3 Å². The lowest BCUT2D eigenvalue weighted by molar-refractivity contribution is 1.12. The summed E-state index contributed by atoms with van der Waals surface area (Å²) in [6.45, 7) is 0. The average Bonchev–Trinajstić information content (AvgIpc) is 2.85. The lowest BCUT2D eigenvalue weighted by atomic mass is 10.1. The van der Waals surface area contributed by atoms with E-state index in [4.69, 9.17) is 17.6 Å². The van der Waals surface area contributed by atoms with Crippen LogP contribution in [0.25, 0.3) is 38.2 Å². The fourth-order valence-corrected chi connectivity index (χ4v) is 3.62. The Balaban J connectivity index is 2.09. The molecule has 104 valence electrons. The summed E-state index contributed by atoms with van der Waals surface area (Å²) in [5, 5.41) is 4.40. The van der Waals surface area contributed by atoms with Gasteiger partial charge < -0.3 is 4.40 Å². The molecule has 0 bridgehead atoms. The first-order valence-electron chi connectivity index (χ1n) is 7.23. The van der Waals surface area contributed by atoms with Gasteiger partial charge in [-0.1, -0.05) is 42.5 Å². The number of benzene rings is 2. The van der Waals surface area contributed by atoms with Crippen LogP contribution < -0.4 is 0 Å². The van der Waals surface area contributed by atoms with Crippen molar-refractivity contribution in [2.75, 3.05) is 0 Å². The lowest BCUT2D eigenvalue weighted by Crippen LogP contribution is -1.87.